The third-order valence-corrected chi connectivity index (χ3v) is 15.6. The van der Waals surface area contributed by atoms with Crippen LogP contribution in [0.3, 0.4) is 0 Å². The van der Waals surface area contributed by atoms with E-state index >= 15 is 0 Å². The Labute approximate surface area is 337 Å². The third kappa shape index (κ3) is 13.4. The molecule has 0 bridgehead atoms. The van der Waals surface area contributed by atoms with Gasteiger partial charge in [0.25, 0.3) is 0 Å². The third-order valence-electron chi connectivity index (χ3n) is 15.6. The number of hydrogen-bond acceptors (Lipinski definition) is 8. The summed E-state index contributed by atoms with van der Waals surface area (Å²) < 4.78 is 17.8. The van der Waals surface area contributed by atoms with E-state index in [2.05, 4.69) is 0 Å². The molecule has 0 radical (unpaired) electrons. The zero-order valence-corrected chi connectivity index (χ0v) is 34.5. The largest absolute Gasteiger partial charge is 0.481 e. The summed E-state index contributed by atoms with van der Waals surface area (Å²) in [6, 6.07) is 0. The van der Waals surface area contributed by atoms with Gasteiger partial charge in [-0.15, -0.1) is 0 Å². The number of hydrogen-bond donors (Lipinski definition) is 2. The fraction of sp³-hybridized carbons (Fsp3) is 0.935. The molecule has 6 unspecified atom stereocenters. The summed E-state index contributed by atoms with van der Waals surface area (Å²) in [6.45, 7) is 3.06. The van der Waals surface area contributed by atoms with E-state index in [1.54, 1.807) is 0 Å². The van der Waals surface area contributed by atoms with Crippen molar-refractivity contribution < 1.29 is 48.6 Å². The summed E-state index contributed by atoms with van der Waals surface area (Å²) >= 11 is 0. The van der Waals surface area contributed by atoms with Crippen molar-refractivity contribution in [1.29, 1.82) is 0 Å². The number of rotatable bonds is 19. The van der Waals surface area contributed by atoms with Crippen LogP contribution in [0.2, 0.25) is 0 Å². The second-order valence-corrected chi connectivity index (χ2v) is 19.1. The van der Waals surface area contributed by atoms with Crippen molar-refractivity contribution in [1.82, 2.24) is 0 Å². The molecule has 0 spiro atoms. The number of aliphatic carboxylic acids is 2. The van der Waals surface area contributed by atoms with Gasteiger partial charge in [-0.05, 0) is 144 Å². The Balaban J connectivity index is 0.742. The first-order valence-corrected chi connectivity index (χ1v) is 23.4. The molecule has 320 valence electrons. The Bertz CT molecular complexity index is 1170. The van der Waals surface area contributed by atoms with Crippen LogP contribution in [0.5, 0.6) is 0 Å². The van der Waals surface area contributed by atoms with Gasteiger partial charge < -0.3 is 24.4 Å². The van der Waals surface area contributed by atoms with Gasteiger partial charge in [0, 0.05) is 13.2 Å². The molecule has 10 nitrogen and oxygen atoms in total. The van der Waals surface area contributed by atoms with Gasteiger partial charge in [-0.1, -0.05) is 64.2 Å². The summed E-state index contributed by atoms with van der Waals surface area (Å²) in [6.07, 6.45) is 27.8. The van der Waals surface area contributed by atoms with E-state index in [4.69, 9.17) is 24.0 Å². The van der Waals surface area contributed by atoms with Gasteiger partial charge in [-0.3, -0.25) is 14.4 Å². The van der Waals surface area contributed by atoms with Crippen molar-refractivity contribution in [3.8, 4) is 0 Å². The lowest BCUT2D eigenvalue weighted by atomic mass is 9.67. The molecule has 6 aliphatic rings. The van der Waals surface area contributed by atoms with Crippen LogP contribution in [0.4, 0.5) is 0 Å². The molecule has 0 aliphatic heterocycles. The first-order valence-electron chi connectivity index (χ1n) is 23.4. The normalized spacial score (nSPS) is 35.1. The molecule has 0 aromatic carbocycles. The Kier molecular flexibility index (Phi) is 18.1. The highest BCUT2D eigenvalue weighted by Gasteiger charge is 2.43. The second-order valence-electron chi connectivity index (χ2n) is 19.1. The second kappa shape index (κ2) is 23.1. The first kappa shape index (κ1) is 43.8. The fourth-order valence-corrected chi connectivity index (χ4v) is 11.9. The maximum Gasteiger partial charge on any atom is 0.310 e. The lowest BCUT2D eigenvalue weighted by molar-refractivity contribution is -0.337. The molecule has 0 aromatic rings. The standard InChI is InChI=1S/C46H76O10/c47-44(48)42-29-36(34-7-3-1-4-8-34)15-16-38(42)31-54-56-40-20-13-33(14-21-40)24-26-53-28-27-52-25-23-32-11-18-39(19-12-32)55-46(51)41-22-17-37(30-43(41)45(49)50)35-9-5-2-6-10-35/h32-43H,1-31H2,(H,47,48)(H,49,50). The van der Waals surface area contributed by atoms with Crippen LogP contribution in [-0.4, -0.2) is 73.4 Å². The Hall–Kier alpha value is -1.75. The number of carboxylic acid groups (broad SMARTS) is 2. The molecule has 0 heterocycles. The summed E-state index contributed by atoms with van der Waals surface area (Å²) in [5, 5.41) is 19.9. The van der Waals surface area contributed by atoms with E-state index in [9.17, 15) is 24.6 Å². The summed E-state index contributed by atoms with van der Waals surface area (Å²) in [4.78, 5) is 49.0. The van der Waals surface area contributed by atoms with E-state index in [1.165, 1.54) is 64.2 Å². The number of carboxylic acids is 2. The zero-order chi connectivity index (χ0) is 39.1. The molecule has 0 aromatic heterocycles. The maximum absolute atomic E-state index is 13.2. The van der Waals surface area contributed by atoms with Crippen LogP contribution < -0.4 is 0 Å². The molecule has 6 fully saturated rings. The van der Waals surface area contributed by atoms with E-state index in [0.717, 1.165) is 102 Å². The monoisotopic (exact) mass is 789 g/mol. The van der Waals surface area contributed by atoms with Crippen molar-refractivity contribution >= 4 is 17.9 Å². The summed E-state index contributed by atoms with van der Waals surface area (Å²) in [5.41, 5.74) is 0. The number of esters is 1. The SMILES string of the molecule is O=C(O)C1CC(C2CCCCC2)CCC1COOC1CCC(CCOCCOCCC2CCC(OC(=O)C3CCC(C4CCCCC4)CC3C(=O)O)CC2)CC1. The zero-order valence-electron chi connectivity index (χ0n) is 34.5. The molecule has 6 saturated carbocycles. The van der Waals surface area contributed by atoms with Gasteiger partial charge in [0.1, 0.15) is 6.10 Å². The van der Waals surface area contributed by atoms with Crippen LogP contribution in [0.15, 0.2) is 0 Å². The summed E-state index contributed by atoms with van der Waals surface area (Å²) in [5.74, 6) is 0.430. The van der Waals surface area contributed by atoms with Crippen LogP contribution in [0, 0.1) is 59.2 Å². The van der Waals surface area contributed by atoms with Crippen molar-refractivity contribution in [2.75, 3.05) is 33.0 Å². The van der Waals surface area contributed by atoms with Crippen LogP contribution in [-0.2, 0) is 38.4 Å². The minimum atomic E-state index is -0.830. The predicted molar refractivity (Wildman–Crippen MR) is 213 cm³/mol. The molecular formula is C46H76O10. The molecule has 0 saturated heterocycles. The van der Waals surface area contributed by atoms with Gasteiger partial charge in [0.15, 0.2) is 0 Å². The highest BCUT2D eigenvalue weighted by molar-refractivity contribution is 5.81. The van der Waals surface area contributed by atoms with Crippen LogP contribution >= 0.6 is 0 Å². The summed E-state index contributed by atoms with van der Waals surface area (Å²) in [7, 11) is 0. The lowest BCUT2D eigenvalue weighted by Gasteiger charge is -2.39. The topological polar surface area (TPSA) is 138 Å². The van der Waals surface area contributed by atoms with Crippen molar-refractivity contribution in [3.63, 3.8) is 0 Å². The maximum atomic E-state index is 13.2. The van der Waals surface area contributed by atoms with Gasteiger partial charge in [-0.2, -0.15) is 0 Å². The molecule has 6 atom stereocenters. The Morgan fingerprint density at radius 1 is 0.464 bits per heavy atom. The van der Waals surface area contributed by atoms with Gasteiger partial charge in [0.05, 0.1) is 43.7 Å². The van der Waals surface area contributed by atoms with Crippen LogP contribution in [0.25, 0.3) is 0 Å². The van der Waals surface area contributed by atoms with Gasteiger partial charge in [0.2, 0.25) is 0 Å². The number of ether oxygens (including phenoxy) is 3. The van der Waals surface area contributed by atoms with Crippen LogP contribution in [0.1, 0.15) is 167 Å². The Morgan fingerprint density at radius 3 is 1.50 bits per heavy atom. The molecule has 6 aliphatic carbocycles. The highest BCUT2D eigenvalue weighted by atomic mass is 17.2. The molecule has 6 rings (SSSR count). The molecule has 10 heteroatoms. The molecule has 2 N–H and O–H groups in total. The number of carbonyl (C=O) groups is 3. The van der Waals surface area contributed by atoms with E-state index in [1.807, 2.05) is 0 Å². The van der Waals surface area contributed by atoms with Crippen molar-refractivity contribution in [2.45, 2.75) is 179 Å². The quantitative estimate of drug-likeness (QED) is 0.0563. The lowest BCUT2D eigenvalue weighted by Crippen LogP contribution is -2.40. The van der Waals surface area contributed by atoms with Gasteiger partial charge in [-0.25, -0.2) is 9.78 Å². The average Bonchev–Trinajstić information content (AvgIpc) is 3.23. The predicted octanol–water partition coefficient (Wildman–Crippen LogP) is 9.80. The minimum absolute atomic E-state index is 0.0471. The fourth-order valence-electron chi connectivity index (χ4n) is 11.9. The van der Waals surface area contributed by atoms with Gasteiger partial charge >= 0.3 is 17.9 Å². The average molecular weight is 789 g/mol. The molecular weight excluding hydrogens is 712 g/mol. The highest BCUT2D eigenvalue weighted by Crippen LogP contribution is 2.45. The van der Waals surface area contributed by atoms with E-state index in [0.29, 0.717) is 68.9 Å². The molecule has 56 heavy (non-hydrogen) atoms. The smallest absolute Gasteiger partial charge is 0.310 e. The van der Waals surface area contributed by atoms with Crippen molar-refractivity contribution in [3.05, 3.63) is 0 Å². The van der Waals surface area contributed by atoms with E-state index < -0.39 is 23.8 Å². The number of carbonyl (C=O) groups excluding carboxylic acids is 1. The van der Waals surface area contributed by atoms with Crippen molar-refractivity contribution in [2.24, 2.45) is 59.2 Å². The minimum Gasteiger partial charge on any atom is -0.481 e. The Morgan fingerprint density at radius 2 is 0.964 bits per heavy atom. The molecule has 0 amide bonds. The van der Waals surface area contributed by atoms with E-state index in [-0.39, 0.29) is 30.0 Å². The first-order chi connectivity index (χ1) is 27.3.